The highest BCUT2D eigenvalue weighted by atomic mass is 16.6. The SMILES string of the molecule is COc1ccc([N+](=O)[O-])cc1NC(=O)c1ccccc1N. The van der Waals surface area contributed by atoms with Crippen LogP contribution < -0.4 is 15.8 Å². The number of carbonyl (C=O) groups excluding carboxylic acids is 1. The Morgan fingerprint density at radius 2 is 2.00 bits per heavy atom. The van der Waals surface area contributed by atoms with Gasteiger partial charge in [0.1, 0.15) is 5.75 Å². The number of nitrogens with one attached hydrogen (secondary N) is 1. The zero-order valence-electron chi connectivity index (χ0n) is 11.2. The first-order valence-electron chi connectivity index (χ1n) is 6.01. The zero-order valence-corrected chi connectivity index (χ0v) is 11.2. The molecule has 1 amide bonds. The van der Waals surface area contributed by atoms with Crippen molar-refractivity contribution in [1.82, 2.24) is 0 Å². The molecule has 21 heavy (non-hydrogen) atoms. The van der Waals surface area contributed by atoms with Crippen molar-refractivity contribution in [2.75, 3.05) is 18.2 Å². The lowest BCUT2D eigenvalue weighted by molar-refractivity contribution is -0.384. The number of para-hydroxylation sites is 1. The van der Waals surface area contributed by atoms with Gasteiger partial charge < -0.3 is 15.8 Å². The molecule has 3 N–H and O–H groups in total. The number of ether oxygens (including phenoxy) is 1. The van der Waals surface area contributed by atoms with Crippen LogP contribution in [0, 0.1) is 10.1 Å². The van der Waals surface area contributed by atoms with Crippen molar-refractivity contribution in [1.29, 1.82) is 0 Å². The van der Waals surface area contributed by atoms with Crippen LogP contribution in [0.3, 0.4) is 0 Å². The molecule has 0 saturated heterocycles. The molecule has 0 radical (unpaired) electrons. The Morgan fingerprint density at radius 1 is 1.29 bits per heavy atom. The van der Waals surface area contributed by atoms with E-state index in [1.165, 1.54) is 25.3 Å². The molecule has 7 heteroatoms. The lowest BCUT2D eigenvalue weighted by atomic mass is 10.1. The molecule has 2 rings (SSSR count). The molecule has 2 aromatic carbocycles. The molecule has 0 atom stereocenters. The Hall–Kier alpha value is -3.09. The summed E-state index contributed by atoms with van der Waals surface area (Å²) >= 11 is 0. The average Bonchev–Trinajstić information content (AvgIpc) is 2.47. The first-order valence-corrected chi connectivity index (χ1v) is 6.01. The maximum absolute atomic E-state index is 12.2. The molecule has 7 nitrogen and oxygen atoms in total. The van der Waals surface area contributed by atoms with Gasteiger partial charge in [0.15, 0.2) is 0 Å². The van der Waals surface area contributed by atoms with Crippen LogP contribution in [-0.2, 0) is 0 Å². The monoisotopic (exact) mass is 287 g/mol. The summed E-state index contributed by atoms with van der Waals surface area (Å²) < 4.78 is 5.08. The number of nitrogens with zero attached hydrogens (tertiary/aromatic N) is 1. The van der Waals surface area contributed by atoms with Gasteiger partial charge in [0, 0.05) is 17.8 Å². The van der Waals surface area contributed by atoms with E-state index in [1.807, 2.05) is 0 Å². The number of benzene rings is 2. The van der Waals surface area contributed by atoms with E-state index in [4.69, 9.17) is 10.5 Å². The zero-order chi connectivity index (χ0) is 15.4. The van der Waals surface area contributed by atoms with Gasteiger partial charge >= 0.3 is 0 Å². The van der Waals surface area contributed by atoms with Crippen LogP contribution in [0.1, 0.15) is 10.4 Å². The molecule has 0 saturated carbocycles. The molecule has 2 aromatic rings. The first-order chi connectivity index (χ1) is 10.0. The van der Waals surface area contributed by atoms with E-state index in [2.05, 4.69) is 5.32 Å². The molecule has 0 aromatic heterocycles. The fourth-order valence-corrected chi connectivity index (χ4v) is 1.80. The largest absolute Gasteiger partial charge is 0.495 e. The number of nitrogen functional groups attached to an aromatic ring is 1. The minimum Gasteiger partial charge on any atom is -0.495 e. The summed E-state index contributed by atoms with van der Waals surface area (Å²) in [6.07, 6.45) is 0. The minimum atomic E-state index is -0.550. The van der Waals surface area contributed by atoms with Crippen LogP contribution in [0.2, 0.25) is 0 Å². The summed E-state index contributed by atoms with van der Waals surface area (Å²) in [6.45, 7) is 0. The number of nitrogens with two attached hydrogens (primary N) is 1. The summed E-state index contributed by atoms with van der Waals surface area (Å²) in [4.78, 5) is 22.4. The predicted octanol–water partition coefficient (Wildman–Crippen LogP) is 2.44. The second-order valence-electron chi connectivity index (χ2n) is 4.18. The van der Waals surface area contributed by atoms with Crippen molar-refractivity contribution in [3.8, 4) is 5.75 Å². The van der Waals surface area contributed by atoms with E-state index in [1.54, 1.807) is 24.3 Å². The number of carbonyl (C=O) groups is 1. The molecule has 0 aliphatic carbocycles. The number of methoxy groups -OCH3 is 1. The number of amides is 1. The molecule has 0 unspecified atom stereocenters. The Balaban J connectivity index is 2.34. The van der Waals surface area contributed by atoms with E-state index < -0.39 is 10.8 Å². The van der Waals surface area contributed by atoms with Gasteiger partial charge in [0.2, 0.25) is 0 Å². The third-order valence-corrected chi connectivity index (χ3v) is 2.85. The summed E-state index contributed by atoms with van der Waals surface area (Å²) in [7, 11) is 1.41. The maximum atomic E-state index is 12.2. The number of anilines is 2. The Kier molecular flexibility index (Phi) is 4.03. The molecule has 0 aliphatic heterocycles. The Bertz CT molecular complexity index is 700. The second kappa shape index (κ2) is 5.91. The fraction of sp³-hybridized carbons (Fsp3) is 0.0714. The van der Waals surface area contributed by atoms with Crippen molar-refractivity contribution >= 4 is 23.0 Å². The van der Waals surface area contributed by atoms with Gasteiger partial charge in [-0.2, -0.15) is 0 Å². The first kappa shape index (κ1) is 14.3. The van der Waals surface area contributed by atoms with Gasteiger partial charge in [0.25, 0.3) is 11.6 Å². The van der Waals surface area contributed by atoms with Gasteiger partial charge in [0.05, 0.1) is 23.3 Å². The van der Waals surface area contributed by atoms with Gasteiger partial charge in [-0.15, -0.1) is 0 Å². The van der Waals surface area contributed by atoms with Crippen LogP contribution in [0.4, 0.5) is 17.1 Å². The normalized spacial score (nSPS) is 9.95. The van der Waals surface area contributed by atoms with Gasteiger partial charge in [-0.3, -0.25) is 14.9 Å². The Labute approximate surface area is 120 Å². The topological polar surface area (TPSA) is 107 Å². The van der Waals surface area contributed by atoms with Crippen molar-refractivity contribution < 1.29 is 14.5 Å². The summed E-state index contributed by atoms with van der Waals surface area (Å²) in [6, 6.07) is 10.5. The van der Waals surface area contributed by atoms with Crippen molar-refractivity contribution in [2.45, 2.75) is 0 Å². The van der Waals surface area contributed by atoms with Gasteiger partial charge in [-0.05, 0) is 18.2 Å². The molecular formula is C14H13N3O4. The number of rotatable bonds is 4. The summed E-state index contributed by atoms with van der Waals surface area (Å²) in [5, 5.41) is 13.4. The minimum absolute atomic E-state index is 0.146. The second-order valence-corrected chi connectivity index (χ2v) is 4.18. The molecule has 0 heterocycles. The van der Waals surface area contributed by atoms with E-state index in [0.29, 0.717) is 11.4 Å². The van der Waals surface area contributed by atoms with E-state index in [9.17, 15) is 14.9 Å². The van der Waals surface area contributed by atoms with Crippen molar-refractivity contribution in [3.05, 3.63) is 58.1 Å². The van der Waals surface area contributed by atoms with Crippen molar-refractivity contribution in [2.24, 2.45) is 0 Å². The Morgan fingerprint density at radius 3 is 2.62 bits per heavy atom. The van der Waals surface area contributed by atoms with E-state index >= 15 is 0 Å². The maximum Gasteiger partial charge on any atom is 0.271 e. The number of nitro benzene ring substituents is 1. The number of nitro groups is 1. The van der Waals surface area contributed by atoms with Crippen LogP contribution in [0.25, 0.3) is 0 Å². The average molecular weight is 287 g/mol. The third-order valence-electron chi connectivity index (χ3n) is 2.85. The lowest BCUT2D eigenvalue weighted by Crippen LogP contribution is -2.14. The van der Waals surface area contributed by atoms with Crippen LogP contribution in [0.5, 0.6) is 5.75 Å². The molecular weight excluding hydrogens is 274 g/mol. The number of hydrogen-bond donors (Lipinski definition) is 2. The lowest BCUT2D eigenvalue weighted by Gasteiger charge is -2.11. The fourth-order valence-electron chi connectivity index (χ4n) is 1.80. The van der Waals surface area contributed by atoms with E-state index in [0.717, 1.165) is 0 Å². The van der Waals surface area contributed by atoms with Crippen LogP contribution in [0.15, 0.2) is 42.5 Å². The number of hydrogen-bond acceptors (Lipinski definition) is 5. The molecule has 0 fully saturated rings. The standard InChI is InChI=1S/C14H13N3O4/c1-21-13-7-6-9(17(19)20)8-12(13)16-14(18)10-4-2-3-5-11(10)15/h2-8H,15H2,1H3,(H,16,18). The molecule has 0 spiro atoms. The highest BCUT2D eigenvalue weighted by Crippen LogP contribution is 2.29. The predicted molar refractivity (Wildman–Crippen MR) is 78.5 cm³/mol. The molecule has 0 bridgehead atoms. The summed E-state index contributed by atoms with van der Waals surface area (Å²) in [5.74, 6) is -0.143. The molecule has 0 aliphatic rings. The highest BCUT2D eigenvalue weighted by molar-refractivity contribution is 6.08. The van der Waals surface area contributed by atoms with Gasteiger partial charge in [-0.25, -0.2) is 0 Å². The smallest absolute Gasteiger partial charge is 0.271 e. The van der Waals surface area contributed by atoms with E-state index in [-0.39, 0.29) is 16.9 Å². The van der Waals surface area contributed by atoms with Crippen LogP contribution in [-0.4, -0.2) is 17.9 Å². The quantitative estimate of drug-likeness (QED) is 0.510. The molecule has 108 valence electrons. The highest BCUT2D eigenvalue weighted by Gasteiger charge is 2.15. The van der Waals surface area contributed by atoms with Crippen molar-refractivity contribution in [3.63, 3.8) is 0 Å². The van der Waals surface area contributed by atoms with Gasteiger partial charge in [-0.1, -0.05) is 12.1 Å². The summed E-state index contributed by atoms with van der Waals surface area (Å²) in [5.41, 5.74) is 6.39. The third kappa shape index (κ3) is 3.08. The van der Waals surface area contributed by atoms with Crippen LogP contribution >= 0.6 is 0 Å². The number of non-ortho nitro benzene ring substituents is 1.